The number of allylic oxidation sites excluding steroid dienone is 1. The maximum Gasteiger partial charge on any atom is 0.287 e. The summed E-state index contributed by atoms with van der Waals surface area (Å²) < 4.78 is 0. The Labute approximate surface area is 98.3 Å². The van der Waals surface area contributed by atoms with Crippen LogP contribution in [0.15, 0.2) is 12.7 Å². The van der Waals surface area contributed by atoms with E-state index in [0.717, 1.165) is 19.3 Å². The summed E-state index contributed by atoms with van der Waals surface area (Å²) in [6.45, 7) is 9.70. The first kappa shape index (κ1) is 14.9. The van der Waals surface area contributed by atoms with Gasteiger partial charge in [0, 0.05) is 12.0 Å². The van der Waals surface area contributed by atoms with Gasteiger partial charge in [-0.25, -0.2) is 0 Å². The summed E-state index contributed by atoms with van der Waals surface area (Å²) >= 11 is 0. The second-order valence-corrected chi connectivity index (χ2v) is 4.61. The van der Waals surface area contributed by atoms with Crippen LogP contribution in [0.25, 0.3) is 0 Å². The van der Waals surface area contributed by atoms with Crippen LogP contribution in [-0.4, -0.2) is 18.2 Å². The van der Waals surface area contributed by atoms with Gasteiger partial charge in [0.2, 0.25) is 5.78 Å². The summed E-state index contributed by atoms with van der Waals surface area (Å²) in [7, 11) is 0. The van der Waals surface area contributed by atoms with Gasteiger partial charge in [-0.2, -0.15) is 0 Å². The fraction of sp³-hybridized carbons (Fsp3) is 0.692. The third-order valence-electron chi connectivity index (χ3n) is 2.83. The standard InChI is InChI=1S/C13H23NO2/c1-5-7-8-9-10-14-12(16)11(15)13(3,4)6-2/h5H,1,6-10H2,2-4H3,(H,14,16). The Hall–Kier alpha value is -1.12. The molecule has 0 saturated heterocycles. The van der Waals surface area contributed by atoms with E-state index in [1.807, 2.05) is 13.0 Å². The van der Waals surface area contributed by atoms with Gasteiger partial charge >= 0.3 is 0 Å². The zero-order chi connectivity index (χ0) is 12.6. The molecule has 0 spiro atoms. The van der Waals surface area contributed by atoms with E-state index in [9.17, 15) is 9.59 Å². The Morgan fingerprint density at radius 1 is 1.31 bits per heavy atom. The second-order valence-electron chi connectivity index (χ2n) is 4.61. The number of hydrogen-bond acceptors (Lipinski definition) is 2. The predicted octanol–water partition coefficient (Wildman–Crippen LogP) is 2.46. The summed E-state index contributed by atoms with van der Waals surface area (Å²) in [6.07, 6.45) is 5.36. The molecule has 0 aromatic rings. The van der Waals surface area contributed by atoms with Gasteiger partial charge in [0.25, 0.3) is 5.91 Å². The summed E-state index contributed by atoms with van der Waals surface area (Å²) in [6, 6.07) is 0. The number of Topliss-reactive ketones (excluding diaryl/α,β-unsaturated/α-hetero) is 1. The molecule has 92 valence electrons. The highest BCUT2D eigenvalue weighted by molar-refractivity contribution is 6.37. The van der Waals surface area contributed by atoms with Crippen molar-refractivity contribution in [2.75, 3.05) is 6.54 Å². The summed E-state index contributed by atoms with van der Waals surface area (Å²) in [5, 5.41) is 2.66. The van der Waals surface area contributed by atoms with Crippen molar-refractivity contribution in [2.45, 2.75) is 46.5 Å². The van der Waals surface area contributed by atoms with Crippen LogP contribution in [0.5, 0.6) is 0 Å². The molecule has 1 amide bonds. The first-order valence-corrected chi connectivity index (χ1v) is 5.89. The third kappa shape index (κ3) is 5.10. The molecule has 0 saturated carbocycles. The molecule has 0 aromatic heterocycles. The van der Waals surface area contributed by atoms with Crippen LogP contribution < -0.4 is 5.32 Å². The van der Waals surface area contributed by atoms with Crippen LogP contribution in [0.3, 0.4) is 0 Å². The molecule has 16 heavy (non-hydrogen) atoms. The topological polar surface area (TPSA) is 46.2 Å². The van der Waals surface area contributed by atoms with Gasteiger partial charge in [-0.3, -0.25) is 9.59 Å². The number of carbonyl (C=O) groups is 2. The van der Waals surface area contributed by atoms with Gasteiger partial charge in [0.15, 0.2) is 0 Å². The van der Waals surface area contributed by atoms with E-state index in [0.29, 0.717) is 13.0 Å². The minimum atomic E-state index is -0.550. The molecular weight excluding hydrogens is 202 g/mol. The molecule has 0 aliphatic heterocycles. The maximum atomic E-state index is 11.7. The van der Waals surface area contributed by atoms with E-state index in [1.165, 1.54) is 0 Å². The van der Waals surface area contributed by atoms with Crippen molar-refractivity contribution in [1.82, 2.24) is 5.32 Å². The Kier molecular flexibility index (Phi) is 6.70. The van der Waals surface area contributed by atoms with E-state index < -0.39 is 11.3 Å². The number of hydrogen-bond donors (Lipinski definition) is 1. The van der Waals surface area contributed by atoms with Crippen molar-refractivity contribution in [1.29, 1.82) is 0 Å². The molecule has 0 bridgehead atoms. The molecule has 0 aromatic carbocycles. The number of ketones is 1. The van der Waals surface area contributed by atoms with Gasteiger partial charge < -0.3 is 5.32 Å². The molecular formula is C13H23NO2. The highest BCUT2D eigenvalue weighted by Gasteiger charge is 2.30. The number of carbonyl (C=O) groups excluding carboxylic acids is 2. The van der Waals surface area contributed by atoms with Gasteiger partial charge in [-0.1, -0.05) is 26.8 Å². The fourth-order valence-electron chi connectivity index (χ4n) is 1.16. The largest absolute Gasteiger partial charge is 0.349 e. The Balaban J connectivity index is 3.89. The van der Waals surface area contributed by atoms with Crippen molar-refractivity contribution in [3.8, 4) is 0 Å². The maximum absolute atomic E-state index is 11.7. The molecule has 3 nitrogen and oxygen atoms in total. The second kappa shape index (κ2) is 7.20. The van der Waals surface area contributed by atoms with E-state index in [1.54, 1.807) is 13.8 Å². The number of rotatable bonds is 8. The summed E-state index contributed by atoms with van der Waals surface area (Å²) in [5.74, 6) is -0.774. The first-order chi connectivity index (χ1) is 7.45. The molecule has 0 fully saturated rings. The highest BCUT2D eigenvalue weighted by Crippen LogP contribution is 2.20. The van der Waals surface area contributed by atoms with E-state index in [2.05, 4.69) is 11.9 Å². The first-order valence-electron chi connectivity index (χ1n) is 5.89. The van der Waals surface area contributed by atoms with E-state index >= 15 is 0 Å². The van der Waals surface area contributed by atoms with Gasteiger partial charge in [-0.05, 0) is 25.7 Å². The van der Waals surface area contributed by atoms with Crippen molar-refractivity contribution in [2.24, 2.45) is 5.41 Å². The average Bonchev–Trinajstić information content (AvgIpc) is 2.27. The van der Waals surface area contributed by atoms with Crippen molar-refractivity contribution < 1.29 is 9.59 Å². The fourth-order valence-corrected chi connectivity index (χ4v) is 1.16. The lowest BCUT2D eigenvalue weighted by Crippen LogP contribution is -2.39. The molecule has 0 aliphatic carbocycles. The molecule has 0 unspecified atom stereocenters. The molecule has 0 heterocycles. The van der Waals surface area contributed by atoms with Crippen molar-refractivity contribution in [3.05, 3.63) is 12.7 Å². The molecule has 0 radical (unpaired) electrons. The Morgan fingerprint density at radius 3 is 2.44 bits per heavy atom. The Morgan fingerprint density at radius 2 is 1.94 bits per heavy atom. The minimum absolute atomic E-state index is 0.321. The van der Waals surface area contributed by atoms with Gasteiger partial charge in [0.05, 0.1) is 0 Å². The molecule has 0 rings (SSSR count). The summed E-state index contributed by atoms with van der Waals surface area (Å²) in [5.41, 5.74) is -0.550. The minimum Gasteiger partial charge on any atom is -0.349 e. The van der Waals surface area contributed by atoms with E-state index in [-0.39, 0.29) is 5.78 Å². The van der Waals surface area contributed by atoms with Crippen molar-refractivity contribution >= 4 is 11.7 Å². The summed E-state index contributed by atoms with van der Waals surface area (Å²) in [4.78, 5) is 23.2. The Bertz CT molecular complexity index is 257. The molecule has 0 aliphatic rings. The lowest BCUT2D eigenvalue weighted by Gasteiger charge is -2.19. The van der Waals surface area contributed by atoms with Gasteiger partial charge in [-0.15, -0.1) is 6.58 Å². The van der Waals surface area contributed by atoms with Crippen LogP contribution in [-0.2, 0) is 9.59 Å². The van der Waals surface area contributed by atoms with Gasteiger partial charge in [0.1, 0.15) is 0 Å². The lowest BCUT2D eigenvalue weighted by atomic mass is 9.85. The normalized spacial score (nSPS) is 10.9. The van der Waals surface area contributed by atoms with Crippen LogP contribution in [0.1, 0.15) is 46.5 Å². The molecule has 3 heteroatoms. The highest BCUT2D eigenvalue weighted by atomic mass is 16.2. The monoisotopic (exact) mass is 225 g/mol. The number of nitrogens with one attached hydrogen (secondary N) is 1. The van der Waals surface area contributed by atoms with Crippen LogP contribution in [0.4, 0.5) is 0 Å². The molecule has 1 N–H and O–H groups in total. The van der Waals surface area contributed by atoms with Crippen molar-refractivity contribution in [3.63, 3.8) is 0 Å². The third-order valence-corrected chi connectivity index (χ3v) is 2.83. The van der Waals surface area contributed by atoms with Crippen LogP contribution >= 0.6 is 0 Å². The van der Waals surface area contributed by atoms with E-state index in [4.69, 9.17) is 0 Å². The SMILES string of the molecule is C=CCCCCNC(=O)C(=O)C(C)(C)CC. The zero-order valence-corrected chi connectivity index (χ0v) is 10.6. The average molecular weight is 225 g/mol. The smallest absolute Gasteiger partial charge is 0.287 e. The quantitative estimate of drug-likeness (QED) is 0.392. The number of unbranched alkanes of at least 4 members (excludes halogenated alkanes) is 2. The number of amides is 1. The zero-order valence-electron chi connectivity index (χ0n) is 10.6. The van der Waals surface area contributed by atoms with Crippen LogP contribution in [0, 0.1) is 5.41 Å². The predicted molar refractivity (Wildman–Crippen MR) is 66.1 cm³/mol. The molecule has 0 atom stereocenters. The van der Waals surface area contributed by atoms with Crippen LogP contribution in [0.2, 0.25) is 0 Å². The lowest BCUT2D eigenvalue weighted by molar-refractivity contribution is -0.143.